The van der Waals surface area contributed by atoms with Crippen LogP contribution in [0.4, 0.5) is 10.2 Å². The van der Waals surface area contributed by atoms with E-state index in [1.165, 1.54) is 16.9 Å². The van der Waals surface area contributed by atoms with E-state index in [-0.39, 0.29) is 16.1 Å². The third-order valence-corrected chi connectivity index (χ3v) is 5.57. The van der Waals surface area contributed by atoms with E-state index >= 15 is 0 Å². The second kappa shape index (κ2) is 5.47. The SMILES string of the molecule is Cn1nc(NS(=O)(=O)c2c[nH]c3cc(Cl)ccc23)c2c(F)cccc21. The molecule has 0 saturated carbocycles. The van der Waals surface area contributed by atoms with Gasteiger partial charge in [-0.05, 0) is 30.3 Å². The zero-order chi connectivity index (χ0) is 17.8. The first kappa shape index (κ1) is 15.9. The Morgan fingerprint density at radius 2 is 2.08 bits per heavy atom. The number of H-pyrrole nitrogens is 1. The van der Waals surface area contributed by atoms with Gasteiger partial charge in [0.1, 0.15) is 10.7 Å². The Labute approximate surface area is 147 Å². The average molecular weight is 379 g/mol. The molecule has 4 aromatic rings. The third kappa shape index (κ3) is 2.54. The molecular formula is C16H12ClFN4O2S. The zero-order valence-corrected chi connectivity index (χ0v) is 14.5. The van der Waals surface area contributed by atoms with E-state index in [9.17, 15) is 12.8 Å². The van der Waals surface area contributed by atoms with Crippen LogP contribution >= 0.6 is 11.6 Å². The fourth-order valence-electron chi connectivity index (χ4n) is 2.82. The molecule has 2 aromatic heterocycles. The van der Waals surface area contributed by atoms with Crippen LogP contribution in [0, 0.1) is 5.82 Å². The summed E-state index contributed by atoms with van der Waals surface area (Å²) in [4.78, 5) is 2.91. The van der Waals surface area contributed by atoms with Gasteiger partial charge in [-0.3, -0.25) is 9.40 Å². The molecule has 0 fully saturated rings. The molecule has 0 unspecified atom stereocenters. The van der Waals surface area contributed by atoms with Crippen LogP contribution in [0.1, 0.15) is 0 Å². The molecule has 2 aromatic carbocycles. The Hall–Kier alpha value is -2.58. The Kier molecular flexibility index (Phi) is 3.48. The second-order valence-corrected chi connectivity index (χ2v) is 7.64. The lowest BCUT2D eigenvalue weighted by Crippen LogP contribution is -2.13. The Bertz CT molecular complexity index is 1230. The smallest absolute Gasteiger partial charge is 0.265 e. The first-order chi connectivity index (χ1) is 11.9. The summed E-state index contributed by atoms with van der Waals surface area (Å²) in [7, 11) is -2.35. The predicted molar refractivity (Wildman–Crippen MR) is 94.8 cm³/mol. The van der Waals surface area contributed by atoms with Gasteiger partial charge in [-0.15, -0.1) is 0 Å². The molecule has 0 aliphatic rings. The maximum Gasteiger partial charge on any atom is 0.265 e. The minimum Gasteiger partial charge on any atom is -0.360 e. The predicted octanol–water partition coefficient (Wildman–Crippen LogP) is 3.65. The number of sulfonamides is 1. The molecule has 128 valence electrons. The largest absolute Gasteiger partial charge is 0.360 e. The Morgan fingerprint density at radius 3 is 2.88 bits per heavy atom. The van der Waals surface area contributed by atoms with Gasteiger partial charge >= 0.3 is 0 Å². The maximum atomic E-state index is 14.2. The van der Waals surface area contributed by atoms with Gasteiger partial charge in [-0.1, -0.05) is 17.7 Å². The number of aromatic nitrogens is 3. The number of nitrogens with one attached hydrogen (secondary N) is 2. The highest BCUT2D eigenvalue weighted by molar-refractivity contribution is 7.93. The number of halogens is 2. The molecule has 2 heterocycles. The summed E-state index contributed by atoms with van der Waals surface area (Å²) in [5, 5.41) is 5.19. The van der Waals surface area contributed by atoms with Crippen molar-refractivity contribution in [2.75, 3.05) is 4.72 Å². The van der Waals surface area contributed by atoms with E-state index in [0.717, 1.165) is 0 Å². The quantitative estimate of drug-likeness (QED) is 0.571. The molecule has 0 amide bonds. The molecule has 25 heavy (non-hydrogen) atoms. The Balaban J connectivity index is 1.85. The van der Waals surface area contributed by atoms with Crippen LogP contribution in [0.5, 0.6) is 0 Å². The number of rotatable bonds is 3. The fourth-order valence-corrected chi connectivity index (χ4v) is 4.18. The van der Waals surface area contributed by atoms with Gasteiger partial charge in [-0.2, -0.15) is 5.10 Å². The van der Waals surface area contributed by atoms with Gasteiger partial charge in [0.05, 0.1) is 10.9 Å². The van der Waals surface area contributed by atoms with E-state index < -0.39 is 15.8 Å². The molecule has 6 nitrogen and oxygen atoms in total. The lowest BCUT2D eigenvalue weighted by Gasteiger charge is -2.05. The minimum atomic E-state index is -3.97. The molecule has 0 spiro atoms. The number of benzene rings is 2. The van der Waals surface area contributed by atoms with Crippen LogP contribution < -0.4 is 4.72 Å². The normalized spacial score (nSPS) is 12.1. The molecule has 0 aliphatic heterocycles. The summed E-state index contributed by atoms with van der Waals surface area (Å²) in [5.41, 5.74) is 1.08. The molecular weight excluding hydrogens is 367 g/mol. The topological polar surface area (TPSA) is 79.8 Å². The van der Waals surface area contributed by atoms with Gasteiger partial charge < -0.3 is 4.98 Å². The Morgan fingerprint density at radius 1 is 1.28 bits per heavy atom. The van der Waals surface area contributed by atoms with Crippen LogP contribution in [0.2, 0.25) is 5.02 Å². The lowest BCUT2D eigenvalue weighted by atomic mass is 10.2. The summed E-state index contributed by atoms with van der Waals surface area (Å²) >= 11 is 5.92. The summed E-state index contributed by atoms with van der Waals surface area (Å²) in [5.74, 6) is -0.604. The van der Waals surface area contributed by atoms with E-state index in [1.54, 1.807) is 37.4 Å². The van der Waals surface area contributed by atoms with E-state index in [2.05, 4.69) is 14.8 Å². The highest BCUT2D eigenvalue weighted by atomic mass is 35.5. The third-order valence-electron chi connectivity index (χ3n) is 3.95. The average Bonchev–Trinajstić information content (AvgIpc) is 3.09. The number of hydrogen-bond donors (Lipinski definition) is 2. The van der Waals surface area contributed by atoms with Crippen molar-refractivity contribution in [2.45, 2.75) is 4.90 Å². The summed E-state index contributed by atoms with van der Waals surface area (Å²) in [6.07, 6.45) is 1.37. The second-order valence-electron chi connectivity index (χ2n) is 5.55. The van der Waals surface area contributed by atoms with Crippen molar-refractivity contribution in [1.29, 1.82) is 0 Å². The number of hydrogen-bond acceptors (Lipinski definition) is 3. The van der Waals surface area contributed by atoms with Crippen molar-refractivity contribution in [1.82, 2.24) is 14.8 Å². The van der Waals surface area contributed by atoms with E-state index in [1.807, 2.05) is 0 Å². The van der Waals surface area contributed by atoms with Crippen LogP contribution in [0.25, 0.3) is 21.8 Å². The van der Waals surface area contributed by atoms with E-state index in [0.29, 0.717) is 21.4 Å². The number of fused-ring (bicyclic) bond motifs is 2. The van der Waals surface area contributed by atoms with Crippen LogP contribution in [0.15, 0.2) is 47.5 Å². The van der Waals surface area contributed by atoms with Crippen molar-refractivity contribution in [3.8, 4) is 0 Å². The molecule has 4 rings (SSSR count). The van der Waals surface area contributed by atoms with Gasteiger partial charge in [0.15, 0.2) is 5.82 Å². The van der Waals surface area contributed by atoms with Crippen LogP contribution in [0.3, 0.4) is 0 Å². The monoisotopic (exact) mass is 378 g/mol. The first-order valence-electron chi connectivity index (χ1n) is 7.27. The zero-order valence-electron chi connectivity index (χ0n) is 12.9. The van der Waals surface area contributed by atoms with Gasteiger partial charge in [-0.25, -0.2) is 12.8 Å². The standard InChI is InChI=1S/C16H12ClFN4O2S/c1-22-13-4-2-3-11(18)15(13)16(20-22)21-25(23,24)14-8-19-12-7-9(17)5-6-10(12)14/h2-8,19H,1H3,(H,20,21). The minimum absolute atomic E-state index is 0.0364. The maximum absolute atomic E-state index is 14.2. The van der Waals surface area contributed by atoms with Gasteiger partial charge in [0, 0.05) is 29.2 Å². The highest BCUT2D eigenvalue weighted by Crippen LogP contribution is 2.30. The molecule has 0 radical (unpaired) electrons. The van der Waals surface area contributed by atoms with E-state index in [4.69, 9.17) is 11.6 Å². The van der Waals surface area contributed by atoms with Gasteiger partial charge in [0.25, 0.3) is 10.0 Å². The molecule has 9 heteroatoms. The molecule has 2 N–H and O–H groups in total. The van der Waals surface area contributed by atoms with Crippen molar-refractivity contribution in [3.05, 3.63) is 53.4 Å². The van der Waals surface area contributed by atoms with Crippen LogP contribution in [-0.2, 0) is 17.1 Å². The van der Waals surface area contributed by atoms with Crippen molar-refractivity contribution < 1.29 is 12.8 Å². The fraction of sp³-hybridized carbons (Fsp3) is 0.0625. The summed E-state index contributed by atoms with van der Waals surface area (Å²) in [6.45, 7) is 0. The molecule has 0 atom stereocenters. The summed E-state index contributed by atoms with van der Waals surface area (Å²) < 4.78 is 43.5. The number of aromatic amines is 1. The van der Waals surface area contributed by atoms with Crippen molar-refractivity contribution >= 4 is 49.2 Å². The van der Waals surface area contributed by atoms with Gasteiger partial charge in [0.2, 0.25) is 0 Å². The van der Waals surface area contributed by atoms with Crippen molar-refractivity contribution in [2.24, 2.45) is 7.05 Å². The molecule has 0 bridgehead atoms. The number of aryl methyl sites for hydroxylation is 1. The molecule has 0 aliphatic carbocycles. The number of nitrogens with zero attached hydrogens (tertiary/aromatic N) is 2. The lowest BCUT2D eigenvalue weighted by molar-refractivity contribution is 0.601. The molecule has 0 saturated heterocycles. The number of anilines is 1. The van der Waals surface area contributed by atoms with Crippen LogP contribution in [-0.4, -0.2) is 23.2 Å². The first-order valence-corrected chi connectivity index (χ1v) is 9.13. The highest BCUT2D eigenvalue weighted by Gasteiger charge is 2.23. The summed E-state index contributed by atoms with van der Waals surface area (Å²) in [6, 6.07) is 9.31. The van der Waals surface area contributed by atoms with Crippen molar-refractivity contribution in [3.63, 3.8) is 0 Å².